The molecule has 0 amide bonds. The van der Waals surface area contributed by atoms with Gasteiger partial charge >= 0.3 is 0 Å². The molecule has 0 atom stereocenters. The van der Waals surface area contributed by atoms with Crippen LogP contribution in [0.4, 0.5) is 0 Å². The Morgan fingerprint density at radius 3 is 1.79 bits per heavy atom. The minimum absolute atomic E-state index is 0.748. The summed E-state index contributed by atoms with van der Waals surface area (Å²) < 4.78 is 16.8. The number of hydrogen-bond acceptors (Lipinski definition) is 2. The fourth-order valence-corrected chi connectivity index (χ4v) is 7.08. The molecule has 0 unspecified atom stereocenters. The number of benzene rings is 4. The minimum Gasteiger partial charge on any atom is -0.496 e. The van der Waals surface area contributed by atoms with Crippen molar-refractivity contribution < 1.29 is 9.47 Å². The summed E-state index contributed by atoms with van der Waals surface area (Å²) in [6, 6.07) is 28.5. The lowest BCUT2D eigenvalue weighted by molar-refractivity contribution is 0.395. The molecule has 5 heteroatoms. The number of H-pyrrole nitrogens is 1. The topological polar surface area (TPSA) is 44.1 Å². The van der Waals surface area contributed by atoms with Crippen molar-refractivity contribution in [3.63, 3.8) is 0 Å². The van der Waals surface area contributed by atoms with Crippen molar-refractivity contribution in [3.8, 4) is 11.5 Å². The van der Waals surface area contributed by atoms with Crippen LogP contribution in [0.5, 0.6) is 11.5 Å². The summed E-state index contributed by atoms with van der Waals surface area (Å²) in [5.74, 6) is 1.68. The van der Waals surface area contributed by atoms with Crippen LogP contribution in [-0.2, 0) is 25.9 Å². The van der Waals surface area contributed by atoms with Crippen molar-refractivity contribution in [2.45, 2.75) is 32.9 Å². The van der Waals surface area contributed by atoms with Gasteiger partial charge in [-0.2, -0.15) is 0 Å². The molecule has 1 aliphatic heterocycles. The van der Waals surface area contributed by atoms with Crippen molar-refractivity contribution in [3.05, 3.63) is 130 Å². The molecule has 4 aromatic carbocycles. The summed E-state index contributed by atoms with van der Waals surface area (Å²) in [5.41, 5.74) is 12.5. The third-order valence-corrected chi connectivity index (χ3v) is 9.18. The monoisotopic (exact) mass is 551 g/mol. The van der Waals surface area contributed by atoms with Gasteiger partial charge < -0.3 is 23.6 Å². The Hall–Kier alpha value is -4.90. The molecule has 5 nitrogen and oxygen atoms in total. The van der Waals surface area contributed by atoms with Crippen LogP contribution in [0.3, 0.4) is 0 Å². The molecule has 0 saturated heterocycles. The lowest BCUT2D eigenvalue weighted by Crippen LogP contribution is -2.06. The largest absolute Gasteiger partial charge is 0.496 e. The summed E-state index contributed by atoms with van der Waals surface area (Å²) in [5, 5.41) is 3.70. The number of hydrogen-bond donors (Lipinski definition) is 1. The smallest absolute Gasteiger partial charge is 0.132 e. The Morgan fingerprint density at radius 2 is 1.19 bits per heavy atom. The Kier molecular flexibility index (Phi) is 5.68. The highest BCUT2D eigenvalue weighted by Gasteiger charge is 2.23. The first-order valence-corrected chi connectivity index (χ1v) is 14.6. The average molecular weight is 552 g/mol. The van der Waals surface area contributed by atoms with E-state index >= 15 is 0 Å². The molecule has 1 aliphatic rings. The molecule has 0 spiro atoms. The number of aromatic amines is 1. The maximum atomic E-state index is 6.01. The standard InChI is InChI=1S/C37H33N3O2/c1-23-31-17-27-22-40(33-15-9-7-13-29(27)33)20-25-11-5-4-10-24(25)19-39-21-26(28-12-6-8-14-32(28)39)16-30-34(41-2)18-35(42-3)36(23)37(30)38-31/h4-15,18,21-22,38H,16-17,19-20H2,1-3H3. The van der Waals surface area contributed by atoms with Gasteiger partial charge in [-0.05, 0) is 46.9 Å². The Labute approximate surface area is 244 Å². The molecular weight excluding hydrogens is 518 g/mol. The highest BCUT2D eigenvalue weighted by atomic mass is 16.5. The summed E-state index contributed by atoms with van der Waals surface area (Å²) >= 11 is 0. The van der Waals surface area contributed by atoms with Crippen LogP contribution < -0.4 is 9.47 Å². The van der Waals surface area contributed by atoms with Gasteiger partial charge in [0.2, 0.25) is 0 Å². The van der Waals surface area contributed by atoms with Crippen molar-refractivity contribution >= 4 is 32.7 Å². The van der Waals surface area contributed by atoms with E-state index in [0.29, 0.717) is 0 Å². The molecule has 208 valence electrons. The summed E-state index contributed by atoms with van der Waals surface area (Å²) in [4.78, 5) is 3.87. The first-order valence-electron chi connectivity index (χ1n) is 14.6. The van der Waals surface area contributed by atoms with Crippen LogP contribution in [0, 0.1) is 6.92 Å². The number of aromatic nitrogens is 3. The van der Waals surface area contributed by atoms with E-state index in [9.17, 15) is 0 Å². The maximum Gasteiger partial charge on any atom is 0.132 e. The molecule has 3 aromatic heterocycles. The average Bonchev–Trinajstić information content (AvgIpc) is 3.66. The van der Waals surface area contributed by atoms with E-state index in [0.717, 1.165) is 53.9 Å². The van der Waals surface area contributed by atoms with E-state index in [1.807, 2.05) is 0 Å². The molecule has 7 aromatic rings. The molecule has 8 rings (SSSR count). The number of fused-ring (bicyclic) bond motifs is 12. The van der Waals surface area contributed by atoms with E-state index in [2.05, 4.69) is 112 Å². The van der Waals surface area contributed by atoms with Gasteiger partial charge in [0.25, 0.3) is 0 Å². The van der Waals surface area contributed by atoms with Gasteiger partial charge in [-0.15, -0.1) is 0 Å². The maximum absolute atomic E-state index is 6.01. The van der Waals surface area contributed by atoms with Crippen LogP contribution in [-0.4, -0.2) is 28.3 Å². The second-order valence-corrected chi connectivity index (χ2v) is 11.5. The number of nitrogens with one attached hydrogen (secondary N) is 1. The Bertz CT molecular complexity index is 2140. The highest BCUT2D eigenvalue weighted by Crippen LogP contribution is 2.41. The van der Waals surface area contributed by atoms with Gasteiger partial charge in [-0.1, -0.05) is 60.7 Å². The van der Waals surface area contributed by atoms with Gasteiger partial charge in [-0.25, -0.2) is 0 Å². The highest BCUT2D eigenvalue weighted by molar-refractivity contribution is 5.96. The van der Waals surface area contributed by atoms with E-state index < -0.39 is 0 Å². The van der Waals surface area contributed by atoms with Gasteiger partial charge in [0.15, 0.2) is 0 Å². The molecule has 42 heavy (non-hydrogen) atoms. The summed E-state index contributed by atoms with van der Waals surface area (Å²) in [6.07, 6.45) is 6.24. The molecule has 0 fully saturated rings. The normalized spacial score (nSPS) is 13.2. The van der Waals surface area contributed by atoms with Crippen molar-refractivity contribution in [1.29, 1.82) is 0 Å². The zero-order valence-corrected chi connectivity index (χ0v) is 24.2. The SMILES string of the molecule is COc1cc(OC)c2c(C)c3[nH]c2c1Cc1cn(c2ccccc12)Cc1ccccc1Cn1cc(c2ccccc21)C3. The second-order valence-electron chi connectivity index (χ2n) is 11.5. The first-order chi connectivity index (χ1) is 20.6. The lowest BCUT2D eigenvalue weighted by Gasteiger charge is -2.14. The van der Waals surface area contributed by atoms with Crippen molar-refractivity contribution in [1.82, 2.24) is 14.1 Å². The number of nitrogens with zero attached hydrogens (tertiary/aromatic N) is 2. The number of methoxy groups -OCH3 is 2. The summed E-state index contributed by atoms with van der Waals surface area (Å²) in [6.45, 7) is 3.84. The van der Waals surface area contributed by atoms with Gasteiger partial charge in [0.1, 0.15) is 11.5 Å². The number of ether oxygens (including phenoxy) is 2. The molecule has 0 radical (unpaired) electrons. The Balaban J connectivity index is 1.44. The van der Waals surface area contributed by atoms with Gasteiger partial charge in [-0.3, -0.25) is 0 Å². The molecule has 0 aliphatic carbocycles. The van der Waals surface area contributed by atoms with Crippen LogP contribution >= 0.6 is 0 Å². The predicted molar refractivity (Wildman–Crippen MR) is 170 cm³/mol. The number of para-hydroxylation sites is 2. The molecule has 6 bridgehead atoms. The van der Waals surface area contributed by atoms with Crippen LogP contribution in [0.25, 0.3) is 32.7 Å². The van der Waals surface area contributed by atoms with Crippen molar-refractivity contribution in [2.75, 3.05) is 14.2 Å². The third kappa shape index (κ3) is 3.77. The Morgan fingerprint density at radius 1 is 0.643 bits per heavy atom. The predicted octanol–water partition coefficient (Wildman–Crippen LogP) is 7.99. The van der Waals surface area contributed by atoms with Crippen LogP contribution in [0.15, 0.2) is 91.3 Å². The van der Waals surface area contributed by atoms with Gasteiger partial charge in [0.05, 0.1) is 19.7 Å². The number of rotatable bonds is 2. The zero-order chi connectivity index (χ0) is 28.4. The molecule has 1 N–H and O–H groups in total. The van der Waals surface area contributed by atoms with Crippen LogP contribution in [0.2, 0.25) is 0 Å². The molecular formula is C37H33N3O2. The third-order valence-electron chi connectivity index (χ3n) is 9.18. The van der Waals surface area contributed by atoms with E-state index in [-0.39, 0.29) is 0 Å². The van der Waals surface area contributed by atoms with E-state index in [1.54, 1.807) is 14.2 Å². The zero-order valence-electron chi connectivity index (χ0n) is 24.2. The second kappa shape index (κ2) is 9.59. The number of aryl methyl sites for hydroxylation is 1. The van der Waals surface area contributed by atoms with Crippen molar-refractivity contribution in [2.24, 2.45) is 0 Å². The van der Waals surface area contributed by atoms with E-state index in [1.165, 1.54) is 55.3 Å². The van der Waals surface area contributed by atoms with Gasteiger partial charge in [0, 0.05) is 82.8 Å². The first kappa shape index (κ1) is 24.9. The van der Waals surface area contributed by atoms with E-state index in [4.69, 9.17) is 9.47 Å². The molecule has 4 heterocycles. The fourth-order valence-electron chi connectivity index (χ4n) is 7.08. The lowest BCUT2D eigenvalue weighted by atomic mass is 9.99. The minimum atomic E-state index is 0.748. The quantitative estimate of drug-likeness (QED) is 0.237. The molecule has 0 saturated carbocycles. The van der Waals surface area contributed by atoms with Crippen LogP contribution in [0.1, 0.15) is 39.1 Å². The fraction of sp³-hybridized carbons (Fsp3) is 0.189. The summed E-state index contributed by atoms with van der Waals surface area (Å²) in [7, 11) is 3.50.